The highest BCUT2D eigenvalue weighted by Gasteiger charge is 2.21. The van der Waals surface area contributed by atoms with E-state index in [9.17, 15) is 9.18 Å². The van der Waals surface area contributed by atoms with Gasteiger partial charge in [-0.1, -0.05) is 30.7 Å². The van der Waals surface area contributed by atoms with Gasteiger partial charge in [0.15, 0.2) is 0 Å². The highest BCUT2D eigenvalue weighted by Crippen LogP contribution is 2.25. The van der Waals surface area contributed by atoms with E-state index in [1.54, 1.807) is 24.1 Å². The number of hydrogen-bond donors (Lipinski definition) is 0. The van der Waals surface area contributed by atoms with Gasteiger partial charge in [0, 0.05) is 32.0 Å². The van der Waals surface area contributed by atoms with E-state index < -0.39 is 0 Å². The molecule has 1 aromatic heterocycles. The molecule has 142 valence electrons. The molecule has 0 unspecified atom stereocenters. The Hall–Kier alpha value is -2.40. The first kappa shape index (κ1) is 19.4. The lowest BCUT2D eigenvalue weighted by Crippen LogP contribution is -2.31. The normalized spacial score (nSPS) is 12.3. The molecular weight excluding hydrogens is 365 g/mol. The summed E-state index contributed by atoms with van der Waals surface area (Å²) in [7, 11) is 3.74. The van der Waals surface area contributed by atoms with Crippen LogP contribution in [0.1, 0.15) is 37.2 Å². The summed E-state index contributed by atoms with van der Waals surface area (Å²) in [6.07, 6.45) is 1.67. The Kier molecular flexibility index (Phi) is 5.80. The lowest BCUT2D eigenvalue weighted by Gasteiger charge is -2.28. The molecule has 4 nitrogen and oxygen atoms in total. The number of aromatic nitrogens is 2. The molecule has 0 aliphatic rings. The number of imidazole rings is 1. The predicted octanol–water partition coefficient (Wildman–Crippen LogP) is 4.91. The van der Waals surface area contributed by atoms with Crippen molar-refractivity contribution in [2.45, 2.75) is 32.2 Å². The second kappa shape index (κ2) is 8.09. The zero-order valence-electron chi connectivity index (χ0n) is 15.7. The number of amides is 1. The monoisotopic (exact) mass is 387 g/mol. The van der Waals surface area contributed by atoms with E-state index in [2.05, 4.69) is 4.98 Å². The van der Waals surface area contributed by atoms with Crippen molar-refractivity contribution < 1.29 is 9.18 Å². The molecule has 0 saturated heterocycles. The number of carbonyl (C=O) groups is 1. The van der Waals surface area contributed by atoms with Crippen LogP contribution in [0.4, 0.5) is 4.39 Å². The van der Waals surface area contributed by atoms with Gasteiger partial charge in [-0.15, -0.1) is 0 Å². The number of hydrogen-bond acceptors (Lipinski definition) is 2. The highest BCUT2D eigenvalue weighted by molar-refractivity contribution is 6.31. The maximum absolute atomic E-state index is 13.2. The Morgan fingerprint density at radius 3 is 2.63 bits per heavy atom. The van der Waals surface area contributed by atoms with Crippen LogP contribution in [-0.4, -0.2) is 27.4 Å². The molecule has 3 aromatic rings. The van der Waals surface area contributed by atoms with E-state index >= 15 is 0 Å². The number of fused-ring (bicyclic) bond motifs is 1. The van der Waals surface area contributed by atoms with Crippen molar-refractivity contribution in [1.82, 2.24) is 14.5 Å². The predicted molar refractivity (Wildman–Crippen MR) is 106 cm³/mol. The molecular formula is C21H23ClFN3O. The van der Waals surface area contributed by atoms with Gasteiger partial charge in [-0.3, -0.25) is 4.79 Å². The highest BCUT2D eigenvalue weighted by atomic mass is 35.5. The minimum Gasteiger partial charge on any atom is -0.339 e. The summed E-state index contributed by atoms with van der Waals surface area (Å²) >= 11 is 6.03. The average Bonchev–Trinajstić information content (AvgIpc) is 2.96. The van der Waals surface area contributed by atoms with Crippen LogP contribution in [0, 0.1) is 5.82 Å². The van der Waals surface area contributed by atoms with Gasteiger partial charge in [0.05, 0.1) is 17.1 Å². The maximum Gasteiger partial charge on any atom is 0.223 e. The molecule has 3 rings (SSSR count). The van der Waals surface area contributed by atoms with Crippen molar-refractivity contribution in [1.29, 1.82) is 0 Å². The fourth-order valence-electron chi connectivity index (χ4n) is 3.43. The first-order chi connectivity index (χ1) is 12.9. The van der Waals surface area contributed by atoms with Gasteiger partial charge in [-0.2, -0.15) is 0 Å². The van der Waals surface area contributed by atoms with Gasteiger partial charge in [-0.05, 0) is 42.3 Å². The van der Waals surface area contributed by atoms with Gasteiger partial charge in [0.2, 0.25) is 5.91 Å². The fraction of sp³-hybridized carbons (Fsp3) is 0.333. The molecule has 6 heteroatoms. The Balaban J connectivity index is 1.71. The van der Waals surface area contributed by atoms with Crippen molar-refractivity contribution in [3.63, 3.8) is 0 Å². The van der Waals surface area contributed by atoms with Gasteiger partial charge in [0.1, 0.15) is 11.6 Å². The zero-order chi connectivity index (χ0) is 19.6. The van der Waals surface area contributed by atoms with Crippen molar-refractivity contribution >= 4 is 28.5 Å². The van der Waals surface area contributed by atoms with Crippen molar-refractivity contribution in [3.8, 4) is 0 Å². The van der Waals surface area contributed by atoms with E-state index in [-0.39, 0.29) is 17.8 Å². The van der Waals surface area contributed by atoms with Crippen LogP contribution < -0.4 is 0 Å². The Bertz CT molecular complexity index is 952. The molecule has 2 aromatic carbocycles. The lowest BCUT2D eigenvalue weighted by molar-refractivity contribution is -0.132. The van der Waals surface area contributed by atoms with Crippen molar-refractivity contribution in [3.05, 3.63) is 64.7 Å². The van der Waals surface area contributed by atoms with Crippen molar-refractivity contribution in [2.75, 3.05) is 7.05 Å². The third-order valence-electron chi connectivity index (χ3n) is 5.00. The lowest BCUT2D eigenvalue weighted by atomic mass is 10.0. The van der Waals surface area contributed by atoms with E-state index in [4.69, 9.17) is 11.6 Å². The molecule has 0 spiro atoms. The number of carbonyl (C=O) groups excluding carboxylic acids is 1. The van der Waals surface area contributed by atoms with Crippen LogP contribution in [0.2, 0.25) is 5.02 Å². The van der Waals surface area contributed by atoms with Crippen LogP contribution in [0.25, 0.3) is 11.0 Å². The smallest absolute Gasteiger partial charge is 0.223 e. The number of aryl methyl sites for hydroxylation is 2. The third kappa shape index (κ3) is 4.14. The molecule has 0 N–H and O–H groups in total. The summed E-state index contributed by atoms with van der Waals surface area (Å²) in [5.74, 6) is 0.615. The SMILES string of the molecule is CC[C@@H](c1ccc(F)cc1)N(C)C(=O)CCc1nc2cc(Cl)ccc2n1C. The van der Waals surface area contributed by atoms with E-state index in [1.807, 2.05) is 36.7 Å². The Morgan fingerprint density at radius 1 is 1.26 bits per heavy atom. The fourth-order valence-corrected chi connectivity index (χ4v) is 3.60. The van der Waals surface area contributed by atoms with Crippen LogP contribution in [0.3, 0.4) is 0 Å². The van der Waals surface area contributed by atoms with Crippen LogP contribution in [0.15, 0.2) is 42.5 Å². The second-order valence-electron chi connectivity index (χ2n) is 6.70. The standard InChI is InChI=1S/C21H23ClFN3O/c1-4-18(14-5-8-16(23)9-6-14)26(3)21(27)12-11-20-24-17-13-15(22)7-10-19(17)25(20)2/h5-10,13,18H,4,11-12H2,1-3H3/t18-/m0/s1. The molecule has 0 aliphatic heterocycles. The van der Waals surface area contributed by atoms with Crippen LogP contribution in [-0.2, 0) is 18.3 Å². The van der Waals surface area contributed by atoms with Crippen LogP contribution in [0.5, 0.6) is 0 Å². The number of halogens is 2. The summed E-state index contributed by atoms with van der Waals surface area (Å²) in [5.41, 5.74) is 2.76. The summed E-state index contributed by atoms with van der Waals surface area (Å²) < 4.78 is 15.2. The largest absolute Gasteiger partial charge is 0.339 e. The molecule has 0 radical (unpaired) electrons. The molecule has 0 bridgehead atoms. The van der Waals surface area contributed by atoms with E-state index in [0.717, 1.165) is 28.8 Å². The van der Waals surface area contributed by atoms with Gasteiger partial charge in [0.25, 0.3) is 0 Å². The van der Waals surface area contributed by atoms with Gasteiger partial charge < -0.3 is 9.47 Å². The summed E-state index contributed by atoms with van der Waals surface area (Å²) in [6, 6.07) is 11.9. The molecule has 1 amide bonds. The molecule has 27 heavy (non-hydrogen) atoms. The minimum absolute atomic E-state index is 0.0382. The second-order valence-corrected chi connectivity index (χ2v) is 7.14. The Morgan fingerprint density at radius 2 is 1.96 bits per heavy atom. The molecule has 1 atom stereocenters. The maximum atomic E-state index is 13.2. The van der Waals surface area contributed by atoms with E-state index in [1.165, 1.54) is 12.1 Å². The molecule has 0 fully saturated rings. The topological polar surface area (TPSA) is 38.1 Å². The summed E-state index contributed by atoms with van der Waals surface area (Å²) in [4.78, 5) is 19.1. The molecule has 0 aliphatic carbocycles. The average molecular weight is 388 g/mol. The number of nitrogens with zero attached hydrogens (tertiary/aromatic N) is 3. The molecule has 1 heterocycles. The Labute approximate surface area is 163 Å². The number of rotatable bonds is 6. The third-order valence-corrected chi connectivity index (χ3v) is 5.24. The summed E-state index contributed by atoms with van der Waals surface area (Å²) in [5, 5.41) is 0.646. The van der Waals surface area contributed by atoms with Crippen molar-refractivity contribution in [2.24, 2.45) is 7.05 Å². The van der Waals surface area contributed by atoms with Crippen LogP contribution >= 0.6 is 11.6 Å². The first-order valence-electron chi connectivity index (χ1n) is 9.02. The minimum atomic E-state index is -0.274. The van der Waals surface area contributed by atoms with E-state index in [0.29, 0.717) is 17.9 Å². The van der Waals surface area contributed by atoms with Gasteiger partial charge >= 0.3 is 0 Å². The zero-order valence-corrected chi connectivity index (χ0v) is 16.5. The summed E-state index contributed by atoms with van der Waals surface area (Å²) in [6.45, 7) is 2.02. The first-order valence-corrected chi connectivity index (χ1v) is 9.40. The quantitative estimate of drug-likeness (QED) is 0.602. The molecule has 0 saturated carbocycles. The number of benzene rings is 2. The van der Waals surface area contributed by atoms with Gasteiger partial charge in [-0.25, -0.2) is 9.37 Å².